The molecule has 1 aliphatic rings. The smallest absolute Gasteiger partial charge is 0.345 e. The maximum Gasteiger partial charge on any atom is 0.345 e. The Bertz CT molecular complexity index is 2100. The molecule has 0 bridgehead atoms. The van der Waals surface area contributed by atoms with Gasteiger partial charge in [-0.15, -0.1) is 0 Å². The van der Waals surface area contributed by atoms with E-state index < -0.39 is 89.0 Å². The van der Waals surface area contributed by atoms with E-state index in [1.807, 2.05) is 0 Å². The maximum absolute atomic E-state index is 14.1. The Morgan fingerprint density at radius 1 is 0.698 bits per heavy atom. The lowest BCUT2D eigenvalue weighted by molar-refractivity contribution is -0.166. The van der Waals surface area contributed by atoms with Gasteiger partial charge in [-0.1, -0.05) is 24.3 Å². The summed E-state index contributed by atoms with van der Waals surface area (Å²) < 4.78 is 22.3. The van der Waals surface area contributed by atoms with Gasteiger partial charge in [-0.2, -0.15) is 0 Å². The van der Waals surface area contributed by atoms with Crippen molar-refractivity contribution in [2.75, 3.05) is 7.11 Å². The summed E-state index contributed by atoms with van der Waals surface area (Å²) in [5, 5.41) is 78.7. The molecule has 0 saturated heterocycles. The van der Waals surface area contributed by atoms with Crippen LogP contribution in [0.3, 0.4) is 0 Å². The number of phenolic OH excluding ortho intramolecular Hbond substituents is 6. The summed E-state index contributed by atoms with van der Waals surface area (Å²) in [6, 6.07) is 13.6. The summed E-state index contributed by atoms with van der Waals surface area (Å²) >= 11 is 0. The summed E-state index contributed by atoms with van der Waals surface area (Å²) in [6.45, 7) is 0. The molecule has 0 radical (unpaired) electrons. The van der Waals surface area contributed by atoms with Gasteiger partial charge in [0.25, 0.3) is 0 Å². The van der Waals surface area contributed by atoms with Gasteiger partial charge in [-0.3, -0.25) is 4.79 Å². The van der Waals surface area contributed by atoms with E-state index in [1.165, 1.54) is 43.5 Å². The van der Waals surface area contributed by atoms with Gasteiger partial charge in [-0.05, 0) is 70.8 Å². The third kappa shape index (κ3) is 8.28. The number of esters is 2. The molecule has 0 fully saturated rings. The zero-order valence-electron chi connectivity index (χ0n) is 27.6. The number of carboxylic acids is 2. The van der Waals surface area contributed by atoms with Crippen molar-refractivity contribution < 1.29 is 79.0 Å². The largest absolute Gasteiger partial charge is 0.504 e. The summed E-state index contributed by atoms with van der Waals surface area (Å²) in [6.07, 6.45) is -3.55. The van der Waals surface area contributed by atoms with Gasteiger partial charge in [0.2, 0.25) is 12.2 Å². The highest BCUT2D eigenvalue weighted by Gasteiger charge is 2.46. The van der Waals surface area contributed by atoms with E-state index in [0.29, 0.717) is 0 Å². The number of aromatic hydroxyl groups is 6. The Balaban J connectivity index is 1.50. The van der Waals surface area contributed by atoms with E-state index in [1.54, 1.807) is 0 Å². The number of aliphatic carboxylic acids is 2. The number of hydrogen-bond donors (Lipinski definition) is 8. The molecule has 4 atom stereocenters. The first-order valence-electron chi connectivity index (χ1n) is 15.6. The van der Waals surface area contributed by atoms with Crippen molar-refractivity contribution in [1.29, 1.82) is 0 Å². The lowest BCUT2D eigenvalue weighted by atomic mass is 9.87. The molecule has 16 nitrogen and oxygen atoms in total. The van der Waals surface area contributed by atoms with Crippen molar-refractivity contribution >= 4 is 30.0 Å². The maximum atomic E-state index is 14.1. The van der Waals surface area contributed by atoms with Gasteiger partial charge in [-0.25, -0.2) is 14.4 Å². The highest BCUT2D eigenvalue weighted by molar-refractivity contribution is 5.92. The third-order valence-electron chi connectivity index (χ3n) is 8.24. The zero-order valence-corrected chi connectivity index (χ0v) is 27.6. The Labute approximate surface area is 299 Å². The highest BCUT2D eigenvalue weighted by atomic mass is 16.6. The van der Waals surface area contributed by atoms with Crippen molar-refractivity contribution in [2.24, 2.45) is 0 Å². The lowest BCUT2D eigenvalue weighted by Gasteiger charge is -2.22. The van der Waals surface area contributed by atoms with Crippen LogP contribution in [0.1, 0.15) is 39.8 Å². The van der Waals surface area contributed by atoms with Crippen LogP contribution < -0.4 is 9.47 Å². The number of carboxylic acid groups (broad SMARTS) is 2. The third-order valence-corrected chi connectivity index (χ3v) is 8.24. The standard InChI is InChI=1S/C37H32O16/c1-50-27-10-5-19(6-11-30(44)51-28(35(45)46)14-17-2-7-21(38)24(41)12-17)31-32(33(53-34(27)31)20-4-9-23(40)26(43)16-20)37(49)52-29(36(47)48)15-18-3-8-22(39)25(42)13-18/h2-13,16,28-29,32-33,38-43H,14-15H2,1H3,(H,45,46)(H,47,48)/b11-6+/t28-,29-,32+,33-/m1/s1. The minimum atomic E-state index is -1.81. The Morgan fingerprint density at radius 2 is 1.23 bits per heavy atom. The summed E-state index contributed by atoms with van der Waals surface area (Å²) in [4.78, 5) is 51.2. The zero-order chi connectivity index (χ0) is 38.6. The van der Waals surface area contributed by atoms with Crippen molar-refractivity contribution in [3.05, 3.63) is 101 Å². The van der Waals surface area contributed by atoms with Crippen LogP contribution in [0.4, 0.5) is 0 Å². The van der Waals surface area contributed by atoms with Gasteiger partial charge in [0.15, 0.2) is 46.0 Å². The molecule has 8 N–H and O–H groups in total. The van der Waals surface area contributed by atoms with E-state index in [9.17, 15) is 60.0 Å². The number of phenols is 6. The number of hydrogen-bond acceptors (Lipinski definition) is 14. The van der Waals surface area contributed by atoms with Crippen LogP contribution in [0.15, 0.2) is 72.8 Å². The summed E-state index contributed by atoms with van der Waals surface area (Å²) in [5.74, 6) is -9.66. The predicted octanol–water partition coefficient (Wildman–Crippen LogP) is 3.64. The molecule has 1 aliphatic heterocycles. The first kappa shape index (κ1) is 37.2. The quantitative estimate of drug-likeness (QED) is 0.0554. The van der Waals surface area contributed by atoms with Gasteiger partial charge in [0, 0.05) is 24.5 Å². The average Bonchev–Trinajstić information content (AvgIpc) is 3.52. The van der Waals surface area contributed by atoms with Crippen LogP contribution in [0.25, 0.3) is 6.08 Å². The number of methoxy groups -OCH3 is 1. The van der Waals surface area contributed by atoms with E-state index in [0.717, 1.165) is 42.5 Å². The van der Waals surface area contributed by atoms with E-state index in [2.05, 4.69) is 0 Å². The fourth-order valence-electron chi connectivity index (χ4n) is 5.64. The topological polar surface area (TPSA) is 267 Å². The summed E-state index contributed by atoms with van der Waals surface area (Å²) in [5.41, 5.74) is 0.778. The number of carbonyl (C=O) groups is 4. The van der Waals surface area contributed by atoms with Crippen LogP contribution in [0.2, 0.25) is 0 Å². The molecule has 0 unspecified atom stereocenters. The van der Waals surface area contributed by atoms with Crippen LogP contribution in [0.5, 0.6) is 46.0 Å². The second kappa shape index (κ2) is 15.4. The van der Waals surface area contributed by atoms with Crippen molar-refractivity contribution in [3.8, 4) is 46.0 Å². The van der Waals surface area contributed by atoms with Crippen molar-refractivity contribution in [2.45, 2.75) is 37.1 Å². The molecule has 0 aliphatic carbocycles. The molecule has 53 heavy (non-hydrogen) atoms. The number of benzene rings is 4. The second-order valence-corrected chi connectivity index (χ2v) is 11.8. The number of rotatable bonds is 13. The van der Waals surface area contributed by atoms with Gasteiger partial charge in [0.1, 0.15) is 12.0 Å². The van der Waals surface area contributed by atoms with Crippen molar-refractivity contribution in [1.82, 2.24) is 0 Å². The van der Waals surface area contributed by atoms with Gasteiger partial charge >= 0.3 is 23.9 Å². The van der Waals surface area contributed by atoms with Crippen LogP contribution >= 0.6 is 0 Å². The molecule has 0 saturated carbocycles. The van der Waals surface area contributed by atoms with Gasteiger partial charge in [0.05, 0.1) is 7.11 Å². The number of carbonyl (C=O) groups excluding carboxylic acids is 2. The molecular weight excluding hydrogens is 700 g/mol. The van der Waals surface area contributed by atoms with Crippen LogP contribution in [-0.2, 0) is 41.5 Å². The first-order valence-corrected chi connectivity index (χ1v) is 15.6. The fraction of sp³-hybridized carbons (Fsp3) is 0.189. The molecule has 0 amide bonds. The Kier molecular flexibility index (Phi) is 10.8. The minimum absolute atomic E-state index is 0.0200. The monoisotopic (exact) mass is 732 g/mol. The van der Waals surface area contributed by atoms with E-state index in [4.69, 9.17) is 18.9 Å². The molecule has 16 heteroatoms. The molecular formula is C37H32O16. The lowest BCUT2D eigenvalue weighted by Crippen LogP contribution is -2.33. The first-order chi connectivity index (χ1) is 25.2. The second-order valence-electron chi connectivity index (χ2n) is 11.8. The number of fused-ring (bicyclic) bond motifs is 1. The summed E-state index contributed by atoms with van der Waals surface area (Å²) in [7, 11) is 1.31. The van der Waals surface area contributed by atoms with Crippen LogP contribution in [-0.4, -0.2) is 84.0 Å². The molecule has 1 heterocycles. The highest BCUT2D eigenvalue weighted by Crippen LogP contribution is 2.53. The van der Waals surface area contributed by atoms with Gasteiger partial charge < -0.3 is 59.8 Å². The molecule has 0 spiro atoms. The van der Waals surface area contributed by atoms with Crippen LogP contribution in [0, 0.1) is 0 Å². The SMILES string of the molecule is COc1ccc(/C=C/C(=O)O[C@H](Cc2ccc(O)c(O)c2)C(=O)O)c2c1O[C@H](c1ccc(O)c(O)c1)[C@H]2C(=O)O[C@H](Cc1ccc(O)c(O)c1)C(=O)O. The molecule has 5 rings (SSSR count). The van der Waals surface area contributed by atoms with E-state index >= 15 is 0 Å². The molecule has 0 aromatic heterocycles. The molecule has 276 valence electrons. The predicted molar refractivity (Wildman–Crippen MR) is 180 cm³/mol. The Hall–Kier alpha value is -7.10. The molecule has 4 aromatic rings. The van der Waals surface area contributed by atoms with E-state index in [-0.39, 0.29) is 45.7 Å². The average molecular weight is 733 g/mol. The normalized spacial score (nSPS) is 15.9. The minimum Gasteiger partial charge on any atom is -0.504 e. The molecule has 4 aromatic carbocycles. The number of ether oxygens (including phenoxy) is 4. The Morgan fingerprint density at radius 3 is 1.74 bits per heavy atom. The van der Waals surface area contributed by atoms with Crippen molar-refractivity contribution in [3.63, 3.8) is 0 Å². The fourth-order valence-corrected chi connectivity index (χ4v) is 5.64.